The van der Waals surface area contributed by atoms with Gasteiger partial charge in [0.2, 0.25) is 0 Å². The van der Waals surface area contributed by atoms with Crippen LogP contribution >= 0.6 is 11.6 Å². The number of hydrogen-bond donors (Lipinski definition) is 2. The minimum absolute atomic E-state index is 0.0406. The Morgan fingerprint density at radius 1 is 1.63 bits per heavy atom. The molecule has 0 aliphatic rings. The first-order chi connectivity index (χ1) is 8.97. The molecule has 102 valence electrons. The number of carbonyl (C=O) groups excluding carboxylic acids is 1. The van der Waals surface area contributed by atoms with Gasteiger partial charge in [0.25, 0.3) is 5.91 Å². The zero-order chi connectivity index (χ0) is 14.0. The minimum atomic E-state index is -0.232. The lowest BCUT2D eigenvalue weighted by molar-refractivity contribution is 0.0930. The normalized spacial score (nSPS) is 12.4. The summed E-state index contributed by atoms with van der Waals surface area (Å²) >= 11 is 5.93. The number of nitrogens with one attached hydrogen (secondary N) is 2. The Hall–Kier alpha value is -1.82. The fourth-order valence-electron chi connectivity index (χ4n) is 1.90. The Labute approximate surface area is 116 Å². The maximum absolute atomic E-state index is 12.1. The topological polar surface area (TPSA) is 75.6 Å². The van der Waals surface area contributed by atoms with Gasteiger partial charge in [0.05, 0.1) is 16.9 Å². The molecule has 1 atom stereocenters. The molecule has 0 spiro atoms. The molecule has 0 aliphatic carbocycles. The van der Waals surface area contributed by atoms with E-state index in [4.69, 9.17) is 11.6 Å². The van der Waals surface area contributed by atoms with Crippen molar-refractivity contribution >= 4 is 17.5 Å². The van der Waals surface area contributed by atoms with Gasteiger partial charge in [-0.25, -0.2) is 0 Å². The van der Waals surface area contributed by atoms with Crippen LogP contribution in [0.25, 0.3) is 0 Å². The summed E-state index contributed by atoms with van der Waals surface area (Å²) in [6, 6.07) is 1.92. The molecule has 0 radical (unpaired) electrons. The van der Waals surface area contributed by atoms with Crippen LogP contribution in [0.5, 0.6) is 0 Å². The molecule has 2 N–H and O–H groups in total. The monoisotopic (exact) mass is 281 g/mol. The third-order valence-corrected chi connectivity index (χ3v) is 3.04. The first-order valence-corrected chi connectivity index (χ1v) is 6.34. The van der Waals surface area contributed by atoms with Crippen molar-refractivity contribution in [1.82, 2.24) is 25.3 Å². The number of carbonyl (C=O) groups is 1. The third kappa shape index (κ3) is 3.14. The number of halogens is 1. The quantitative estimate of drug-likeness (QED) is 0.891. The van der Waals surface area contributed by atoms with Gasteiger partial charge in [-0.2, -0.15) is 10.2 Å². The van der Waals surface area contributed by atoms with Crippen molar-refractivity contribution in [3.05, 3.63) is 34.4 Å². The summed E-state index contributed by atoms with van der Waals surface area (Å²) in [6.07, 6.45) is 2.11. The van der Waals surface area contributed by atoms with Crippen LogP contribution in [0.15, 0.2) is 12.3 Å². The number of hydrogen-bond acceptors (Lipinski definition) is 3. The second kappa shape index (κ2) is 5.44. The van der Waals surface area contributed by atoms with Gasteiger partial charge in [-0.1, -0.05) is 11.6 Å². The van der Waals surface area contributed by atoms with E-state index in [9.17, 15) is 4.79 Å². The molecule has 2 aromatic rings. The van der Waals surface area contributed by atoms with Gasteiger partial charge in [-0.15, -0.1) is 0 Å². The molecule has 7 heteroatoms. The van der Waals surface area contributed by atoms with Crippen LogP contribution in [0.4, 0.5) is 0 Å². The van der Waals surface area contributed by atoms with Gasteiger partial charge >= 0.3 is 0 Å². The van der Waals surface area contributed by atoms with Crippen molar-refractivity contribution in [1.29, 1.82) is 0 Å². The number of rotatable bonds is 4. The van der Waals surface area contributed by atoms with E-state index in [0.717, 1.165) is 11.4 Å². The molecule has 0 aromatic carbocycles. The maximum Gasteiger partial charge on any atom is 0.271 e. The third-order valence-electron chi connectivity index (χ3n) is 2.76. The van der Waals surface area contributed by atoms with Crippen molar-refractivity contribution in [2.75, 3.05) is 0 Å². The molecule has 6 nitrogen and oxygen atoms in total. The first kappa shape index (κ1) is 13.6. The van der Waals surface area contributed by atoms with E-state index in [1.54, 1.807) is 7.05 Å². The number of H-pyrrole nitrogens is 1. The van der Waals surface area contributed by atoms with Crippen LogP contribution in [-0.4, -0.2) is 31.9 Å². The number of aromatic amines is 1. The highest BCUT2D eigenvalue weighted by Crippen LogP contribution is 2.14. The van der Waals surface area contributed by atoms with Crippen LogP contribution in [0.2, 0.25) is 5.02 Å². The van der Waals surface area contributed by atoms with Crippen molar-refractivity contribution < 1.29 is 4.79 Å². The standard InChI is InChI=1S/C12H16ClN5O/c1-7(4-9-5-8(2)16-17-9)15-12(19)11-10(13)6-14-18(11)3/h5-7H,4H2,1-3H3,(H,15,19)(H,16,17). The summed E-state index contributed by atoms with van der Waals surface area (Å²) in [4.78, 5) is 12.1. The molecule has 0 aliphatic heterocycles. The fraction of sp³-hybridized carbons (Fsp3) is 0.417. The molecular formula is C12H16ClN5O. The second-order valence-corrected chi connectivity index (χ2v) is 4.99. The van der Waals surface area contributed by atoms with Crippen molar-refractivity contribution in [3.63, 3.8) is 0 Å². The van der Waals surface area contributed by atoms with E-state index in [1.807, 2.05) is 19.9 Å². The Morgan fingerprint density at radius 3 is 2.89 bits per heavy atom. The van der Waals surface area contributed by atoms with Crippen molar-refractivity contribution in [2.45, 2.75) is 26.3 Å². The highest BCUT2D eigenvalue weighted by Gasteiger charge is 2.18. The van der Waals surface area contributed by atoms with Gasteiger partial charge < -0.3 is 5.32 Å². The Morgan fingerprint density at radius 2 is 2.37 bits per heavy atom. The zero-order valence-electron chi connectivity index (χ0n) is 11.1. The lowest BCUT2D eigenvalue weighted by atomic mass is 10.1. The number of nitrogens with zero attached hydrogens (tertiary/aromatic N) is 3. The maximum atomic E-state index is 12.1. The highest BCUT2D eigenvalue weighted by molar-refractivity contribution is 6.33. The summed E-state index contributed by atoms with van der Waals surface area (Å²) in [5, 5.41) is 14.2. The van der Waals surface area contributed by atoms with E-state index in [-0.39, 0.29) is 11.9 Å². The van der Waals surface area contributed by atoms with Crippen LogP contribution in [0.1, 0.15) is 28.8 Å². The molecule has 2 aromatic heterocycles. The largest absolute Gasteiger partial charge is 0.348 e. The smallest absolute Gasteiger partial charge is 0.271 e. The van der Waals surface area contributed by atoms with Crippen LogP contribution in [0, 0.1) is 6.92 Å². The number of amides is 1. The Bertz CT molecular complexity index is 569. The van der Waals surface area contributed by atoms with Gasteiger partial charge in [-0.3, -0.25) is 14.6 Å². The van der Waals surface area contributed by atoms with E-state index in [0.29, 0.717) is 17.1 Å². The van der Waals surface area contributed by atoms with Crippen LogP contribution < -0.4 is 5.32 Å². The zero-order valence-corrected chi connectivity index (χ0v) is 11.8. The number of aromatic nitrogens is 4. The lowest BCUT2D eigenvalue weighted by Crippen LogP contribution is -2.35. The average molecular weight is 282 g/mol. The molecule has 0 fully saturated rings. The van der Waals surface area contributed by atoms with Crippen molar-refractivity contribution in [3.8, 4) is 0 Å². The molecule has 19 heavy (non-hydrogen) atoms. The second-order valence-electron chi connectivity index (χ2n) is 4.59. The Kier molecular flexibility index (Phi) is 3.90. The van der Waals surface area contributed by atoms with E-state index in [1.165, 1.54) is 10.9 Å². The summed E-state index contributed by atoms with van der Waals surface area (Å²) in [5.41, 5.74) is 2.29. The SMILES string of the molecule is Cc1cc(CC(C)NC(=O)c2c(Cl)cnn2C)n[nH]1. The van der Waals surface area contributed by atoms with Crippen LogP contribution in [0.3, 0.4) is 0 Å². The summed E-state index contributed by atoms with van der Waals surface area (Å²) in [5.74, 6) is -0.232. The predicted octanol–water partition coefficient (Wildman–Crippen LogP) is 1.47. The molecule has 1 unspecified atom stereocenters. The van der Waals surface area contributed by atoms with Crippen LogP contribution in [-0.2, 0) is 13.5 Å². The van der Waals surface area contributed by atoms with Gasteiger partial charge in [0.1, 0.15) is 5.69 Å². The lowest BCUT2D eigenvalue weighted by Gasteiger charge is -2.12. The highest BCUT2D eigenvalue weighted by atomic mass is 35.5. The van der Waals surface area contributed by atoms with Gasteiger partial charge in [0.15, 0.2) is 0 Å². The molecule has 2 heterocycles. The Balaban J connectivity index is 1.99. The van der Waals surface area contributed by atoms with E-state index in [2.05, 4.69) is 20.6 Å². The van der Waals surface area contributed by atoms with Gasteiger partial charge in [-0.05, 0) is 19.9 Å². The molecule has 0 bridgehead atoms. The average Bonchev–Trinajstić information content (AvgIpc) is 2.85. The van der Waals surface area contributed by atoms with E-state index < -0.39 is 0 Å². The molecule has 0 saturated heterocycles. The van der Waals surface area contributed by atoms with Gasteiger partial charge in [0, 0.05) is 25.2 Å². The predicted molar refractivity (Wildman–Crippen MR) is 72.2 cm³/mol. The molecule has 1 amide bonds. The summed E-state index contributed by atoms with van der Waals surface area (Å²) in [6.45, 7) is 3.86. The molecular weight excluding hydrogens is 266 g/mol. The molecule has 2 rings (SSSR count). The first-order valence-electron chi connectivity index (χ1n) is 5.96. The molecule has 0 saturated carbocycles. The summed E-state index contributed by atoms with van der Waals surface area (Å²) < 4.78 is 1.46. The van der Waals surface area contributed by atoms with Crippen molar-refractivity contribution in [2.24, 2.45) is 7.05 Å². The minimum Gasteiger partial charge on any atom is -0.348 e. The van der Waals surface area contributed by atoms with E-state index >= 15 is 0 Å². The summed E-state index contributed by atoms with van der Waals surface area (Å²) in [7, 11) is 1.68. The fourth-order valence-corrected chi connectivity index (χ4v) is 2.15. The number of aryl methyl sites for hydroxylation is 2.